The first kappa shape index (κ1) is 16.4. The van der Waals surface area contributed by atoms with Crippen LogP contribution in [-0.4, -0.2) is 17.6 Å². The molecule has 0 atom stereocenters. The largest absolute Gasteiger partial charge is 0.372 e. The van der Waals surface area contributed by atoms with Crippen molar-refractivity contribution in [3.05, 3.63) is 29.6 Å². The molecule has 1 aliphatic rings. The fourth-order valence-electron chi connectivity index (χ4n) is 2.75. The number of hydrogen-bond acceptors (Lipinski definition) is 3. The van der Waals surface area contributed by atoms with Crippen molar-refractivity contribution in [2.75, 3.05) is 6.54 Å². The third-order valence-corrected chi connectivity index (χ3v) is 4.20. The lowest BCUT2D eigenvalue weighted by atomic mass is 9.89. The van der Waals surface area contributed by atoms with Crippen LogP contribution >= 0.6 is 0 Å². The van der Waals surface area contributed by atoms with E-state index in [-0.39, 0.29) is 0 Å². The molecular weight excluding hydrogens is 260 g/mol. The third-order valence-electron chi connectivity index (χ3n) is 4.20. The molecule has 0 amide bonds. The van der Waals surface area contributed by atoms with Gasteiger partial charge in [-0.2, -0.15) is 0 Å². The van der Waals surface area contributed by atoms with E-state index in [0.29, 0.717) is 18.6 Å². The first-order chi connectivity index (χ1) is 10.1. The molecule has 118 valence electrons. The van der Waals surface area contributed by atoms with Gasteiger partial charge in [-0.25, -0.2) is 0 Å². The highest BCUT2D eigenvalue weighted by Crippen LogP contribution is 2.25. The Morgan fingerprint density at radius 2 is 2.00 bits per heavy atom. The second-order valence-electron chi connectivity index (χ2n) is 6.88. The summed E-state index contributed by atoms with van der Waals surface area (Å²) in [6.07, 6.45) is 7.43. The lowest BCUT2D eigenvalue weighted by Crippen LogP contribution is -2.20. The Morgan fingerprint density at radius 3 is 2.62 bits per heavy atom. The van der Waals surface area contributed by atoms with Crippen LogP contribution in [0.25, 0.3) is 0 Å². The molecule has 2 rings (SSSR count). The zero-order chi connectivity index (χ0) is 15.1. The molecule has 3 heteroatoms. The SMILES string of the molecule is CC(C)CNCc1ccc(COC2CCC(C)CC2)nc1. The summed E-state index contributed by atoms with van der Waals surface area (Å²) in [7, 11) is 0. The summed E-state index contributed by atoms with van der Waals surface area (Å²) < 4.78 is 5.99. The molecule has 0 aliphatic heterocycles. The highest BCUT2D eigenvalue weighted by atomic mass is 16.5. The summed E-state index contributed by atoms with van der Waals surface area (Å²) in [5.41, 5.74) is 2.28. The van der Waals surface area contributed by atoms with Crippen LogP contribution in [0.3, 0.4) is 0 Å². The van der Waals surface area contributed by atoms with Crippen LogP contribution in [0, 0.1) is 11.8 Å². The van der Waals surface area contributed by atoms with Gasteiger partial charge in [-0.1, -0.05) is 26.8 Å². The molecule has 1 aromatic heterocycles. The Kier molecular flexibility index (Phi) is 6.65. The number of ether oxygens (including phenoxy) is 1. The van der Waals surface area contributed by atoms with E-state index in [4.69, 9.17) is 4.74 Å². The van der Waals surface area contributed by atoms with E-state index in [1.807, 2.05) is 6.20 Å². The average Bonchev–Trinajstić information content (AvgIpc) is 2.48. The van der Waals surface area contributed by atoms with E-state index in [0.717, 1.165) is 24.7 Å². The van der Waals surface area contributed by atoms with E-state index in [1.54, 1.807) is 0 Å². The maximum Gasteiger partial charge on any atom is 0.0891 e. The van der Waals surface area contributed by atoms with Crippen molar-refractivity contribution in [3.8, 4) is 0 Å². The average molecular weight is 290 g/mol. The van der Waals surface area contributed by atoms with Gasteiger partial charge >= 0.3 is 0 Å². The summed E-state index contributed by atoms with van der Waals surface area (Å²) >= 11 is 0. The molecule has 0 spiro atoms. The molecule has 0 aromatic carbocycles. The van der Waals surface area contributed by atoms with E-state index < -0.39 is 0 Å². The summed E-state index contributed by atoms with van der Waals surface area (Å²) in [4.78, 5) is 4.51. The number of aromatic nitrogens is 1. The second-order valence-corrected chi connectivity index (χ2v) is 6.88. The smallest absolute Gasteiger partial charge is 0.0891 e. The zero-order valence-corrected chi connectivity index (χ0v) is 13.8. The van der Waals surface area contributed by atoms with Gasteiger partial charge in [-0.3, -0.25) is 4.98 Å². The standard InChI is InChI=1S/C18H30N2O/c1-14(2)10-19-11-16-6-7-17(20-12-16)13-21-18-8-4-15(3)5-9-18/h6-7,12,14-15,18-19H,4-5,8-11,13H2,1-3H3. The van der Waals surface area contributed by atoms with Gasteiger partial charge in [0.25, 0.3) is 0 Å². The van der Waals surface area contributed by atoms with Crippen molar-refractivity contribution in [1.29, 1.82) is 0 Å². The Hall–Kier alpha value is -0.930. The summed E-state index contributed by atoms with van der Waals surface area (Å²) in [5.74, 6) is 1.56. The molecule has 1 aliphatic carbocycles. The Balaban J connectivity index is 1.69. The normalized spacial score (nSPS) is 22.7. The van der Waals surface area contributed by atoms with Gasteiger partial charge in [-0.05, 0) is 55.7 Å². The number of pyridine rings is 1. The van der Waals surface area contributed by atoms with Gasteiger partial charge in [-0.15, -0.1) is 0 Å². The van der Waals surface area contributed by atoms with Gasteiger partial charge in [0.2, 0.25) is 0 Å². The molecule has 3 nitrogen and oxygen atoms in total. The zero-order valence-electron chi connectivity index (χ0n) is 13.8. The predicted molar refractivity (Wildman–Crippen MR) is 87.0 cm³/mol. The van der Waals surface area contributed by atoms with E-state index in [1.165, 1.54) is 31.2 Å². The van der Waals surface area contributed by atoms with Crippen LogP contribution in [0.4, 0.5) is 0 Å². The lowest BCUT2D eigenvalue weighted by Gasteiger charge is -2.26. The van der Waals surface area contributed by atoms with E-state index >= 15 is 0 Å². The minimum Gasteiger partial charge on any atom is -0.372 e. The quantitative estimate of drug-likeness (QED) is 0.826. The maximum atomic E-state index is 5.99. The number of nitrogens with one attached hydrogen (secondary N) is 1. The molecule has 1 aromatic rings. The third kappa shape index (κ3) is 6.15. The molecule has 1 fully saturated rings. The predicted octanol–water partition coefficient (Wildman–Crippen LogP) is 3.92. The fourth-order valence-corrected chi connectivity index (χ4v) is 2.75. The minimum atomic E-state index is 0.440. The molecule has 0 saturated heterocycles. The molecular formula is C18H30N2O. The second kappa shape index (κ2) is 8.50. The minimum absolute atomic E-state index is 0.440. The number of nitrogens with zero attached hydrogens (tertiary/aromatic N) is 1. The molecule has 0 radical (unpaired) electrons. The van der Waals surface area contributed by atoms with Gasteiger partial charge in [0, 0.05) is 12.7 Å². The van der Waals surface area contributed by atoms with Gasteiger partial charge in [0.15, 0.2) is 0 Å². The molecule has 0 unspecified atom stereocenters. The summed E-state index contributed by atoms with van der Waals surface area (Å²) in [5, 5.41) is 3.44. The number of hydrogen-bond donors (Lipinski definition) is 1. The highest BCUT2D eigenvalue weighted by Gasteiger charge is 2.18. The first-order valence-electron chi connectivity index (χ1n) is 8.39. The van der Waals surface area contributed by atoms with Crippen molar-refractivity contribution >= 4 is 0 Å². The van der Waals surface area contributed by atoms with Crippen molar-refractivity contribution in [3.63, 3.8) is 0 Å². The van der Waals surface area contributed by atoms with Crippen molar-refractivity contribution in [1.82, 2.24) is 10.3 Å². The molecule has 1 saturated carbocycles. The maximum absolute atomic E-state index is 5.99. The topological polar surface area (TPSA) is 34.1 Å². The Morgan fingerprint density at radius 1 is 1.24 bits per heavy atom. The number of rotatable bonds is 7. The lowest BCUT2D eigenvalue weighted by molar-refractivity contribution is 0.00727. The first-order valence-corrected chi connectivity index (χ1v) is 8.39. The van der Waals surface area contributed by atoms with Gasteiger partial charge in [0.1, 0.15) is 0 Å². The van der Waals surface area contributed by atoms with Crippen LogP contribution in [0.2, 0.25) is 0 Å². The molecule has 1 N–H and O–H groups in total. The summed E-state index contributed by atoms with van der Waals surface area (Å²) in [6.45, 7) is 9.37. The molecule has 21 heavy (non-hydrogen) atoms. The van der Waals surface area contributed by atoms with Crippen LogP contribution in [0.5, 0.6) is 0 Å². The molecule has 0 bridgehead atoms. The van der Waals surface area contributed by atoms with Gasteiger partial charge in [0.05, 0.1) is 18.4 Å². The Labute approximate surface area is 129 Å². The van der Waals surface area contributed by atoms with Crippen LogP contribution in [-0.2, 0) is 17.9 Å². The van der Waals surface area contributed by atoms with Crippen molar-refractivity contribution in [2.45, 2.75) is 65.7 Å². The van der Waals surface area contributed by atoms with E-state index in [9.17, 15) is 0 Å². The van der Waals surface area contributed by atoms with Crippen LogP contribution in [0.1, 0.15) is 57.7 Å². The van der Waals surface area contributed by atoms with Crippen molar-refractivity contribution in [2.24, 2.45) is 11.8 Å². The highest BCUT2D eigenvalue weighted by molar-refractivity contribution is 5.13. The van der Waals surface area contributed by atoms with E-state index in [2.05, 4.69) is 43.2 Å². The van der Waals surface area contributed by atoms with Crippen LogP contribution in [0.15, 0.2) is 18.3 Å². The summed E-state index contributed by atoms with van der Waals surface area (Å²) in [6, 6.07) is 4.25. The fraction of sp³-hybridized carbons (Fsp3) is 0.722. The Bertz CT molecular complexity index is 394. The monoisotopic (exact) mass is 290 g/mol. The molecule has 1 heterocycles. The van der Waals surface area contributed by atoms with Gasteiger partial charge < -0.3 is 10.1 Å². The van der Waals surface area contributed by atoms with Crippen LogP contribution < -0.4 is 5.32 Å². The van der Waals surface area contributed by atoms with Crippen molar-refractivity contribution < 1.29 is 4.74 Å².